The van der Waals surface area contributed by atoms with Crippen molar-refractivity contribution < 1.29 is 9.53 Å². The van der Waals surface area contributed by atoms with Crippen molar-refractivity contribution in [3.8, 4) is 0 Å². The zero-order valence-corrected chi connectivity index (χ0v) is 20.7. The molecule has 4 saturated carbocycles. The van der Waals surface area contributed by atoms with Gasteiger partial charge in [-0.1, -0.05) is 53.9 Å². The summed E-state index contributed by atoms with van der Waals surface area (Å²) < 4.78 is 5.69. The number of Topliss-reactive ketones (excluding diaryl/α,β-unsaturated/α-hetero) is 1. The molecular weight excluding hydrogens is 368 g/mol. The molecule has 0 amide bonds. The van der Waals surface area contributed by atoms with Gasteiger partial charge in [0.15, 0.2) is 0 Å². The van der Waals surface area contributed by atoms with E-state index in [0.29, 0.717) is 23.2 Å². The highest BCUT2D eigenvalue weighted by molar-refractivity contribution is 5.83. The summed E-state index contributed by atoms with van der Waals surface area (Å²) in [5.74, 6) is 5.60. The van der Waals surface area contributed by atoms with E-state index in [-0.39, 0.29) is 11.3 Å². The maximum Gasteiger partial charge on any atom is 0.136 e. The maximum atomic E-state index is 13.4. The van der Waals surface area contributed by atoms with Crippen molar-refractivity contribution in [1.29, 1.82) is 0 Å². The van der Waals surface area contributed by atoms with Crippen molar-refractivity contribution >= 4 is 5.78 Å². The van der Waals surface area contributed by atoms with E-state index in [1.165, 1.54) is 51.4 Å². The minimum absolute atomic E-state index is 0.233. The molecule has 2 nitrogen and oxygen atoms in total. The molecule has 172 valence electrons. The molecule has 2 heteroatoms. The Morgan fingerprint density at radius 1 is 0.967 bits per heavy atom. The van der Waals surface area contributed by atoms with Crippen LogP contribution in [-0.4, -0.2) is 19.0 Å². The molecule has 4 fully saturated rings. The Morgan fingerprint density at radius 2 is 1.67 bits per heavy atom. The lowest BCUT2D eigenvalue weighted by molar-refractivity contribution is -0.161. The average molecular weight is 417 g/mol. The second-order valence-electron chi connectivity index (χ2n) is 12.8. The molecule has 0 aromatic carbocycles. The molecule has 4 aliphatic rings. The van der Waals surface area contributed by atoms with E-state index in [9.17, 15) is 4.79 Å². The van der Waals surface area contributed by atoms with Gasteiger partial charge in [0.05, 0.1) is 6.10 Å². The van der Waals surface area contributed by atoms with Gasteiger partial charge in [-0.3, -0.25) is 4.79 Å². The Labute approximate surface area is 186 Å². The van der Waals surface area contributed by atoms with Crippen LogP contribution in [-0.2, 0) is 9.53 Å². The van der Waals surface area contributed by atoms with Gasteiger partial charge in [0.25, 0.3) is 0 Å². The Bertz CT molecular complexity index is 626. The molecule has 0 bridgehead atoms. The van der Waals surface area contributed by atoms with Crippen LogP contribution in [0.2, 0.25) is 0 Å². The lowest BCUT2D eigenvalue weighted by Gasteiger charge is -2.60. The second kappa shape index (κ2) is 8.53. The first-order valence-corrected chi connectivity index (χ1v) is 13.3. The highest BCUT2D eigenvalue weighted by atomic mass is 16.5. The largest absolute Gasteiger partial charge is 0.381 e. The molecule has 0 spiro atoms. The summed E-state index contributed by atoms with van der Waals surface area (Å²) in [4.78, 5) is 13.4. The normalized spacial score (nSPS) is 47.0. The van der Waals surface area contributed by atoms with Gasteiger partial charge >= 0.3 is 0 Å². The second-order valence-corrected chi connectivity index (χ2v) is 12.8. The zero-order valence-electron chi connectivity index (χ0n) is 20.7. The molecule has 0 radical (unpaired) electrons. The van der Waals surface area contributed by atoms with Crippen molar-refractivity contribution in [2.24, 2.45) is 52.3 Å². The molecule has 0 aromatic heterocycles. The Morgan fingerprint density at radius 3 is 2.37 bits per heavy atom. The monoisotopic (exact) mass is 416 g/mol. The highest BCUT2D eigenvalue weighted by Crippen LogP contribution is 2.67. The zero-order chi connectivity index (χ0) is 21.7. The first-order chi connectivity index (χ1) is 14.2. The van der Waals surface area contributed by atoms with Crippen LogP contribution in [0.1, 0.15) is 105 Å². The Balaban J connectivity index is 1.50. The standard InChI is InChI=1S/C28H48O2/c1-18(2)8-7-9-19(3)22-10-11-23-21-17-26(29)25-16-20(30-6)12-14-28(25,5)24(21)13-15-27(22,23)4/h18-25H,7-17H2,1-6H3. The van der Waals surface area contributed by atoms with Crippen molar-refractivity contribution in [2.75, 3.05) is 7.11 Å². The van der Waals surface area contributed by atoms with E-state index >= 15 is 0 Å². The average Bonchev–Trinajstić information content (AvgIpc) is 3.05. The fraction of sp³-hybridized carbons (Fsp3) is 0.964. The fourth-order valence-corrected chi connectivity index (χ4v) is 9.24. The SMILES string of the molecule is COC1CCC2(C)C(C1)C(=O)CC1C2CCC2(C)C(C(C)CCCC(C)C)CCC12. The third-order valence-electron chi connectivity index (χ3n) is 10.9. The quantitative estimate of drug-likeness (QED) is 0.454. The number of methoxy groups -OCH3 is 1. The summed E-state index contributed by atoms with van der Waals surface area (Å²) >= 11 is 0. The Hall–Kier alpha value is -0.370. The van der Waals surface area contributed by atoms with Crippen molar-refractivity contribution in [1.82, 2.24) is 0 Å². The summed E-state index contributed by atoms with van der Waals surface area (Å²) in [6, 6.07) is 0. The molecule has 9 unspecified atom stereocenters. The highest BCUT2D eigenvalue weighted by Gasteiger charge is 2.62. The first kappa shape index (κ1) is 22.8. The van der Waals surface area contributed by atoms with Crippen LogP contribution >= 0.6 is 0 Å². The van der Waals surface area contributed by atoms with E-state index in [1.807, 2.05) is 7.11 Å². The van der Waals surface area contributed by atoms with E-state index in [0.717, 1.165) is 48.9 Å². The molecule has 30 heavy (non-hydrogen) atoms. The van der Waals surface area contributed by atoms with Crippen LogP contribution in [0.5, 0.6) is 0 Å². The van der Waals surface area contributed by atoms with Crippen LogP contribution in [0, 0.1) is 52.3 Å². The predicted molar refractivity (Wildman–Crippen MR) is 124 cm³/mol. The number of rotatable bonds is 6. The summed E-state index contributed by atoms with van der Waals surface area (Å²) in [5.41, 5.74) is 0.711. The third kappa shape index (κ3) is 3.71. The minimum atomic E-state index is 0.233. The van der Waals surface area contributed by atoms with Gasteiger partial charge in [-0.15, -0.1) is 0 Å². The van der Waals surface area contributed by atoms with Crippen molar-refractivity contribution in [2.45, 2.75) is 111 Å². The van der Waals surface area contributed by atoms with Gasteiger partial charge in [0.1, 0.15) is 5.78 Å². The number of ether oxygens (including phenoxy) is 1. The van der Waals surface area contributed by atoms with E-state index in [1.54, 1.807) is 0 Å². The van der Waals surface area contributed by atoms with Crippen LogP contribution in [0.15, 0.2) is 0 Å². The van der Waals surface area contributed by atoms with E-state index in [4.69, 9.17) is 4.74 Å². The number of ketones is 1. The summed E-state index contributed by atoms with van der Waals surface area (Å²) in [6.45, 7) is 12.4. The molecule has 4 rings (SSSR count). The topological polar surface area (TPSA) is 26.3 Å². The van der Waals surface area contributed by atoms with Gasteiger partial charge in [-0.25, -0.2) is 0 Å². The molecule has 0 aromatic rings. The fourth-order valence-electron chi connectivity index (χ4n) is 9.24. The number of hydrogen-bond donors (Lipinski definition) is 0. The molecule has 0 aliphatic heterocycles. The molecule has 0 saturated heterocycles. The van der Waals surface area contributed by atoms with Gasteiger partial charge in [0, 0.05) is 19.4 Å². The van der Waals surface area contributed by atoms with Crippen LogP contribution < -0.4 is 0 Å². The van der Waals surface area contributed by atoms with Crippen LogP contribution in [0.4, 0.5) is 0 Å². The molecular formula is C28H48O2. The van der Waals surface area contributed by atoms with Gasteiger partial charge < -0.3 is 4.74 Å². The van der Waals surface area contributed by atoms with E-state index < -0.39 is 0 Å². The number of carbonyl (C=O) groups is 1. The Kier molecular flexibility index (Phi) is 6.48. The minimum Gasteiger partial charge on any atom is -0.381 e. The molecule has 9 atom stereocenters. The molecule has 0 N–H and O–H groups in total. The summed E-state index contributed by atoms with van der Waals surface area (Å²) in [7, 11) is 1.83. The number of hydrogen-bond acceptors (Lipinski definition) is 2. The van der Waals surface area contributed by atoms with Gasteiger partial charge in [-0.2, -0.15) is 0 Å². The predicted octanol–water partition coefficient (Wildman–Crippen LogP) is 7.30. The van der Waals surface area contributed by atoms with Crippen molar-refractivity contribution in [3.05, 3.63) is 0 Å². The smallest absolute Gasteiger partial charge is 0.136 e. The van der Waals surface area contributed by atoms with Gasteiger partial charge in [-0.05, 0) is 91.3 Å². The lowest BCUT2D eigenvalue weighted by Crippen LogP contribution is -2.57. The third-order valence-corrected chi connectivity index (χ3v) is 10.9. The first-order valence-electron chi connectivity index (χ1n) is 13.3. The number of fused-ring (bicyclic) bond motifs is 5. The van der Waals surface area contributed by atoms with E-state index in [2.05, 4.69) is 34.6 Å². The van der Waals surface area contributed by atoms with Gasteiger partial charge in [0.2, 0.25) is 0 Å². The van der Waals surface area contributed by atoms with Crippen LogP contribution in [0.3, 0.4) is 0 Å². The summed E-state index contributed by atoms with van der Waals surface area (Å²) in [6.07, 6.45) is 14.2. The lowest BCUT2D eigenvalue weighted by atomic mass is 9.44. The summed E-state index contributed by atoms with van der Waals surface area (Å²) in [5, 5.41) is 0. The van der Waals surface area contributed by atoms with Crippen molar-refractivity contribution in [3.63, 3.8) is 0 Å². The van der Waals surface area contributed by atoms with Crippen LogP contribution in [0.25, 0.3) is 0 Å². The number of carbonyl (C=O) groups excluding carboxylic acids is 1. The molecule has 0 heterocycles. The molecule has 4 aliphatic carbocycles. The maximum absolute atomic E-state index is 13.4.